The topological polar surface area (TPSA) is 46.5 Å². The van der Waals surface area contributed by atoms with Crippen LogP contribution in [0.1, 0.15) is 20.8 Å². The van der Waals surface area contributed by atoms with Crippen LogP contribution in [-0.2, 0) is 9.53 Å². The van der Waals surface area contributed by atoms with E-state index >= 15 is 0 Å². The van der Waals surface area contributed by atoms with Crippen LogP contribution in [0.2, 0.25) is 0 Å². The maximum atomic E-state index is 11.0. The molecule has 1 atom stereocenters. The van der Waals surface area contributed by atoms with Crippen molar-refractivity contribution in [1.82, 2.24) is 0 Å². The first-order valence-electron chi connectivity index (χ1n) is 4.29. The number of aliphatic hydroxyl groups excluding tert-OH is 1. The van der Waals surface area contributed by atoms with E-state index in [2.05, 4.69) is 4.74 Å². The molecule has 3 nitrogen and oxygen atoms in total. The molecule has 0 saturated heterocycles. The van der Waals surface area contributed by atoms with E-state index in [1.54, 1.807) is 11.8 Å². The molecule has 0 saturated carbocycles. The second-order valence-electron chi connectivity index (χ2n) is 3.55. The number of carbonyl (C=O) groups is 1. The quantitative estimate of drug-likeness (QED) is 0.689. The monoisotopic (exact) mass is 206 g/mol. The smallest absolute Gasteiger partial charge is 0.335 e. The summed E-state index contributed by atoms with van der Waals surface area (Å²) in [6.45, 7) is 5.76. The van der Waals surface area contributed by atoms with Crippen molar-refractivity contribution in [2.24, 2.45) is 5.41 Å². The number of thioether (sulfide) groups is 1. The Balaban J connectivity index is 4.17. The van der Waals surface area contributed by atoms with Crippen molar-refractivity contribution in [3.63, 3.8) is 0 Å². The van der Waals surface area contributed by atoms with Crippen LogP contribution in [0.15, 0.2) is 0 Å². The molecule has 0 radical (unpaired) electrons. The fourth-order valence-electron chi connectivity index (χ4n) is 0.875. The second-order valence-corrected chi connectivity index (χ2v) is 4.83. The lowest BCUT2D eigenvalue weighted by atomic mass is 9.89. The molecular formula is C9H18O3S. The third kappa shape index (κ3) is 4.00. The maximum Gasteiger partial charge on any atom is 0.335 e. The van der Waals surface area contributed by atoms with Crippen molar-refractivity contribution < 1.29 is 14.6 Å². The van der Waals surface area contributed by atoms with Gasteiger partial charge in [-0.1, -0.05) is 20.8 Å². The van der Waals surface area contributed by atoms with E-state index in [0.717, 1.165) is 11.5 Å². The van der Waals surface area contributed by atoms with Crippen LogP contribution < -0.4 is 0 Å². The number of aliphatic hydroxyl groups is 1. The van der Waals surface area contributed by atoms with Crippen molar-refractivity contribution in [3.8, 4) is 0 Å². The minimum atomic E-state index is -1.03. The van der Waals surface area contributed by atoms with Crippen LogP contribution in [0.5, 0.6) is 0 Å². The molecule has 0 aromatic carbocycles. The van der Waals surface area contributed by atoms with Gasteiger partial charge in [0.05, 0.1) is 7.11 Å². The first-order chi connectivity index (χ1) is 5.95. The van der Waals surface area contributed by atoms with Gasteiger partial charge in [0.2, 0.25) is 0 Å². The zero-order valence-corrected chi connectivity index (χ0v) is 9.48. The zero-order valence-electron chi connectivity index (χ0n) is 8.66. The number of carbonyl (C=O) groups excluding carboxylic acids is 1. The van der Waals surface area contributed by atoms with Crippen LogP contribution >= 0.6 is 11.8 Å². The van der Waals surface area contributed by atoms with E-state index in [1.807, 2.05) is 20.8 Å². The summed E-state index contributed by atoms with van der Waals surface area (Å²) in [5.74, 6) is 1.18. The van der Waals surface area contributed by atoms with E-state index in [-0.39, 0.29) is 0 Å². The Bertz CT molecular complexity index is 168. The fraction of sp³-hybridized carbons (Fsp3) is 0.889. The van der Waals surface area contributed by atoms with Gasteiger partial charge >= 0.3 is 5.97 Å². The first-order valence-corrected chi connectivity index (χ1v) is 5.44. The molecular weight excluding hydrogens is 188 g/mol. The zero-order chi connectivity index (χ0) is 10.5. The lowest BCUT2D eigenvalue weighted by Gasteiger charge is -2.27. The molecule has 0 fully saturated rings. The molecule has 0 rings (SSSR count). The molecule has 0 aromatic rings. The molecule has 0 bridgehead atoms. The second kappa shape index (κ2) is 5.50. The molecule has 0 heterocycles. The Morgan fingerprint density at radius 3 is 2.54 bits per heavy atom. The van der Waals surface area contributed by atoms with Crippen molar-refractivity contribution in [2.45, 2.75) is 26.9 Å². The summed E-state index contributed by atoms with van der Waals surface area (Å²) in [7, 11) is 1.29. The molecule has 4 heteroatoms. The molecule has 0 aliphatic rings. The highest BCUT2D eigenvalue weighted by Gasteiger charge is 2.33. The standard InChI is InChI=1S/C9H18O3S/c1-5-13-6-9(2,3)7(10)8(11)12-4/h7,10H,5-6H2,1-4H3. The van der Waals surface area contributed by atoms with Gasteiger partial charge < -0.3 is 9.84 Å². The highest BCUT2D eigenvalue weighted by Crippen LogP contribution is 2.26. The summed E-state index contributed by atoms with van der Waals surface area (Å²) in [5, 5.41) is 9.58. The number of esters is 1. The Kier molecular flexibility index (Phi) is 5.40. The van der Waals surface area contributed by atoms with Crippen molar-refractivity contribution >= 4 is 17.7 Å². The summed E-state index contributed by atoms with van der Waals surface area (Å²) in [5.41, 5.74) is -0.423. The third-order valence-corrected chi connectivity index (χ3v) is 3.20. The fourth-order valence-corrected chi connectivity index (χ4v) is 1.76. The van der Waals surface area contributed by atoms with Crippen molar-refractivity contribution in [2.75, 3.05) is 18.6 Å². The summed E-state index contributed by atoms with van der Waals surface area (Å²) in [6, 6.07) is 0. The molecule has 1 unspecified atom stereocenters. The predicted octanol–water partition coefficient (Wildman–Crippen LogP) is 1.30. The number of hydrogen-bond acceptors (Lipinski definition) is 4. The lowest BCUT2D eigenvalue weighted by Crippen LogP contribution is -2.39. The summed E-state index contributed by atoms with van der Waals surface area (Å²) >= 11 is 1.70. The molecule has 0 aliphatic heterocycles. The number of ether oxygens (including phenoxy) is 1. The van der Waals surface area contributed by atoms with Gasteiger partial charge in [0, 0.05) is 11.2 Å². The Labute approximate surface area is 83.9 Å². The van der Waals surface area contributed by atoms with Gasteiger partial charge in [-0.25, -0.2) is 4.79 Å². The molecule has 0 spiro atoms. The number of hydrogen-bond donors (Lipinski definition) is 1. The molecule has 78 valence electrons. The van der Waals surface area contributed by atoms with Gasteiger partial charge in [-0.15, -0.1) is 0 Å². The largest absolute Gasteiger partial charge is 0.467 e. The highest BCUT2D eigenvalue weighted by atomic mass is 32.2. The van der Waals surface area contributed by atoms with E-state index in [9.17, 15) is 9.90 Å². The maximum absolute atomic E-state index is 11.0. The minimum Gasteiger partial charge on any atom is -0.467 e. The lowest BCUT2D eigenvalue weighted by molar-refractivity contribution is -0.155. The Morgan fingerprint density at radius 1 is 1.62 bits per heavy atom. The highest BCUT2D eigenvalue weighted by molar-refractivity contribution is 7.99. The SMILES string of the molecule is CCSCC(C)(C)C(O)C(=O)OC. The Morgan fingerprint density at radius 2 is 2.15 bits per heavy atom. The molecule has 0 aromatic heterocycles. The van der Waals surface area contributed by atoms with E-state index in [0.29, 0.717) is 0 Å². The van der Waals surface area contributed by atoms with Crippen LogP contribution in [0.3, 0.4) is 0 Å². The minimum absolute atomic E-state index is 0.423. The molecule has 1 N–H and O–H groups in total. The molecule has 0 aliphatic carbocycles. The summed E-state index contributed by atoms with van der Waals surface area (Å²) in [6.07, 6.45) is -1.03. The average molecular weight is 206 g/mol. The summed E-state index contributed by atoms with van der Waals surface area (Å²) < 4.78 is 4.48. The molecule has 0 amide bonds. The van der Waals surface area contributed by atoms with Crippen LogP contribution in [-0.4, -0.2) is 35.8 Å². The number of rotatable bonds is 5. The summed E-state index contributed by atoms with van der Waals surface area (Å²) in [4.78, 5) is 11.0. The first kappa shape index (κ1) is 12.8. The van der Waals surface area contributed by atoms with Crippen molar-refractivity contribution in [3.05, 3.63) is 0 Å². The van der Waals surface area contributed by atoms with Crippen molar-refractivity contribution in [1.29, 1.82) is 0 Å². The Hall–Kier alpha value is -0.220. The normalized spacial score (nSPS) is 13.9. The van der Waals surface area contributed by atoms with Gasteiger partial charge in [0.15, 0.2) is 6.10 Å². The van der Waals surface area contributed by atoms with E-state index in [1.165, 1.54) is 7.11 Å². The predicted molar refractivity (Wildman–Crippen MR) is 54.8 cm³/mol. The number of methoxy groups -OCH3 is 1. The van der Waals surface area contributed by atoms with Gasteiger partial charge in [-0.3, -0.25) is 0 Å². The van der Waals surface area contributed by atoms with Gasteiger partial charge in [0.25, 0.3) is 0 Å². The van der Waals surface area contributed by atoms with E-state index < -0.39 is 17.5 Å². The average Bonchev–Trinajstić information content (AvgIpc) is 2.12. The van der Waals surface area contributed by atoms with Gasteiger partial charge in [-0.05, 0) is 5.75 Å². The van der Waals surface area contributed by atoms with E-state index in [4.69, 9.17) is 0 Å². The van der Waals surface area contributed by atoms with Gasteiger partial charge in [0.1, 0.15) is 0 Å². The van der Waals surface area contributed by atoms with Crippen LogP contribution in [0.25, 0.3) is 0 Å². The van der Waals surface area contributed by atoms with Crippen LogP contribution in [0.4, 0.5) is 0 Å². The van der Waals surface area contributed by atoms with Gasteiger partial charge in [-0.2, -0.15) is 11.8 Å². The third-order valence-electron chi connectivity index (χ3n) is 1.84. The van der Waals surface area contributed by atoms with Crippen LogP contribution in [0, 0.1) is 5.41 Å². The molecule has 13 heavy (non-hydrogen) atoms.